The maximum Gasteiger partial charge on any atom is 0.258 e. The van der Waals surface area contributed by atoms with Crippen LogP contribution in [0.1, 0.15) is 37.7 Å². The second-order valence-electron chi connectivity index (χ2n) is 9.32. The third-order valence-corrected chi connectivity index (χ3v) is 6.89. The molecule has 0 saturated heterocycles. The van der Waals surface area contributed by atoms with Crippen LogP contribution in [0.15, 0.2) is 36.4 Å². The molecule has 0 aromatic heterocycles. The van der Waals surface area contributed by atoms with Crippen molar-refractivity contribution >= 4 is 11.8 Å². The first-order valence-corrected chi connectivity index (χ1v) is 11.4. The van der Waals surface area contributed by atoms with Gasteiger partial charge in [-0.1, -0.05) is 6.07 Å². The quantitative estimate of drug-likeness (QED) is 0.527. The minimum absolute atomic E-state index is 0.0155. The van der Waals surface area contributed by atoms with Gasteiger partial charge in [-0.15, -0.1) is 0 Å². The van der Waals surface area contributed by atoms with E-state index in [4.69, 9.17) is 9.47 Å². The molecule has 0 unspecified atom stereocenters. The number of aliphatic hydroxyl groups is 1. The fourth-order valence-electron chi connectivity index (χ4n) is 4.84. The van der Waals surface area contributed by atoms with E-state index in [0.717, 1.165) is 12.1 Å². The second-order valence-corrected chi connectivity index (χ2v) is 9.32. The van der Waals surface area contributed by atoms with Gasteiger partial charge in [-0.2, -0.15) is 0 Å². The van der Waals surface area contributed by atoms with Gasteiger partial charge in [0, 0.05) is 17.7 Å². The Morgan fingerprint density at radius 3 is 2.03 bits per heavy atom. The normalized spacial score (nSPS) is 25.1. The Morgan fingerprint density at radius 2 is 1.46 bits per heavy atom. The highest BCUT2D eigenvalue weighted by Crippen LogP contribution is 2.47. The lowest BCUT2D eigenvalue weighted by molar-refractivity contribution is -0.137. The molecule has 2 aromatic carbocycles. The van der Waals surface area contributed by atoms with Crippen LogP contribution in [0.3, 0.4) is 0 Å². The Kier molecular flexibility index (Phi) is 6.93. The van der Waals surface area contributed by atoms with Gasteiger partial charge in [0.25, 0.3) is 11.8 Å². The predicted molar refractivity (Wildman–Crippen MR) is 119 cm³/mol. The molecule has 3 saturated carbocycles. The topological polar surface area (TPSA) is 96.9 Å². The van der Waals surface area contributed by atoms with Gasteiger partial charge in [0.05, 0.1) is 11.6 Å². The minimum Gasteiger partial charge on any atom is -0.484 e. The number of halogens is 3. The molecule has 3 aliphatic carbocycles. The largest absolute Gasteiger partial charge is 0.484 e. The number of benzene rings is 2. The van der Waals surface area contributed by atoms with Crippen molar-refractivity contribution in [3.8, 4) is 11.5 Å². The van der Waals surface area contributed by atoms with Gasteiger partial charge >= 0.3 is 0 Å². The minimum atomic E-state index is -1.08. The summed E-state index contributed by atoms with van der Waals surface area (Å²) in [5.41, 5.74) is -0.991. The van der Waals surface area contributed by atoms with E-state index in [1.165, 1.54) is 12.1 Å². The number of carbonyl (C=O) groups is 2. The predicted octanol–water partition coefficient (Wildman–Crippen LogP) is 2.92. The average molecular weight is 492 g/mol. The van der Waals surface area contributed by atoms with Gasteiger partial charge < -0.3 is 25.2 Å². The van der Waals surface area contributed by atoms with Crippen molar-refractivity contribution in [1.29, 1.82) is 0 Å². The van der Waals surface area contributed by atoms with E-state index in [1.54, 1.807) is 19.1 Å². The molecule has 1 atom stereocenters. The van der Waals surface area contributed by atoms with Gasteiger partial charge in [0.1, 0.15) is 17.3 Å². The number of aliphatic hydroxyl groups excluding tert-OH is 1. The summed E-state index contributed by atoms with van der Waals surface area (Å²) in [7, 11) is 0. The summed E-state index contributed by atoms with van der Waals surface area (Å²) in [6, 6.07) is 7.35. The number of fused-ring (bicyclic) bond motifs is 3. The van der Waals surface area contributed by atoms with Crippen LogP contribution in [0.5, 0.6) is 11.5 Å². The molecule has 3 aliphatic rings. The van der Waals surface area contributed by atoms with Crippen LogP contribution >= 0.6 is 0 Å². The summed E-state index contributed by atoms with van der Waals surface area (Å²) < 4.78 is 50.6. The summed E-state index contributed by atoms with van der Waals surface area (Å²) in [6.07, 6.45) is 1.32. The van der Waals surface area contributed by atoms with Crippen LogP contribution in [-0.4, -0.2) is 47.3 Å². The number of hydrogen-bond acceptors (Lipinski definition) is 5. The molecule has 2 amide bonds. The van der Waals surface area contributed by atoms with Crippen LogP contribution in [0.25, 0.3) is 0 Å². The van der Waals surface area contributed by atoms with Gasteiger partial charge in [0.2, 0.25) is 0 Å². The van der Waals surface area contributed by atoms with Gasteiger partial charge in [-0.25, -0.2) is 13.2 Å². The maximum absolute atomic E-state index is 13.7. The summed E-state index contributed by atoms with van der Waals surface area (Å²) in [4.78, 5) is 25.0. The van der Waals surface area contributed by atoms with E-state index in [1.807, 2.05) is 0 Å². The van der Waals surface area contributed by atoms with Crippen molar-refractivity contribution in [1.82, 2.24) is 10.6 Å². The number of amides is 2. The van der Waals surface area contributed by atoms with Crippen molar-refractivity contribution in [3.63, 3.8) is 0 Å². The standard InChI is InChI=1S/C25H27F3N2O5/c1-15-2-3-16(10-19(15)27)34-13-22(32)29-24-6-8-25(9-7-24,21(31)12-24)30-23(33)14-35-17-4-5-18(26)20(28)11-17/h2-5,10-11,21,31H,6-9,12-14H2,1H3,(H,29,32)(H,30,33)/t21-,24?,25?/m0/s1. The van der Waals surface area contributed by atoms with Crippen LogP contribution in [-0.2, 0) is 9.59 Å². The van der Waals surface area contributed by atoms with Crippen LogP contribution in [0.4, 0.5) is 13.2 Å². The van der Waals surface area contributed by atoms with Gasteiger partial charge in [-0.05, 0) is 62.8 Å². The molecule has 2 aromatic rings. The highest BCUT2D eigenvalue weighted by atomic mass is 19.2. The molecular formula is C25H27F3N2O5. The number of nitrogens with one attached hydrogen (secondary N) is 2. The third-order valence-electron chi connectivity index (χ3n) is 6.89. The van der Waals surface area contributed by atoms with E-state index >= 15 is 0 Å². The first kappa shape index (κ1) is 24.8. The smallest absolute Gasteiger partial charge is 0.258 e. The van der Waals surface area contributed by atoms with Crippen LogP contribution < -0.4 is 20.1 Å². The molecule has 2 bridgehead atoms. The van der Waals surface area contributed by atoms with E-state index < -0.39 is 47.1 Å². The number of hydrogen-bond donors (Lipinski definition) is 3. The Labute approximate surface area is 200 Å². The Bertz CT molecular complexity index is 1120. The second kappa shape index (κ2) is 9.77. The Balaban J connectivity index is 1.28. The SMILES string of the molecule is Cc1ccc(OCC(=O)NC23CCC(NC(=O)COc4ccc(F)c(F)c4)(CC2)[C@@H](O)C3)cc1F. The molecule has 0 heterocycles. The zero-order chi connectivity index (χ0) is 25.2. The molecular weight excluding hydrogens is 465 g/mol. The fraction of sp³-hybridized carbons (Fsp3) is 0.440. The first-order valence-electron chi connectivity index (χ1n) is 11.4. The van der Waals surface area contributed by atoms with E-state index in [0.29, 0.717) is 31.2 Å². The van der Waals surface area contributed by atoms with Crippen molar-refractivity contribution < 1.29 is 37.3 Å². The van der Waals surface area contributed by atoms with Crippen molar-refractivity contribution in [2.75, 3.05) is 13.2 Å². The number of aryl methyl sites for hydroxylation is 1. The van der Waals surface area contributed by atoms with E-state index in [-0.39, 0.29) is 30.4 Å². The van der Waals surface area contributed by atoms with Crippen molar-refractivity contribution in [3.05, 3.63) is 59.4 Å². The lowest BCUT2D eigenvalue weighted by Crippen LogP contribution is -2.70. The molecule has 3 fully saturated rings. The fourth-order valence-corrected chi connectivity index (χ4v) is 4.84. The molecule has 0 spiro atoms. The number of carbonyl (C=O) groups excluding carboxylic acids is 2. The average Bonchev–Trinajstić information content (AvgIpc) is 2.82. The Hall–Kier alpha value is -3.27. The molecule has 7 nitrogen and oxygen atoms in total. The lowest BCUT2D eigenvalue weighted by Gasteiger charge is -2.56. The lowest BCUT2D eigenvalue weighted by atomic mass is 9.60. The van der Waals surface area contributed by atoms with Crippen LogP contribution in [0.2, 0.25) is 0 Å². The molecule has 10 heteroatoms. The summed E-state index contributed by atoms with van der Waals surface area (Å²) in [5, 5.41) is 16.6. The van der Waals surface area contributed by atoms with Crippen molar-refractivity contribution in [2.24, 2.45) is 0 Å². The molecule has 188 valence electrons. The van der Waals surface area contributed by atoms with E-state index in [9.17, 15) is 27.9 Å². The number of ether oxygens (including phenoxy) is 2. The first-order chi connectivity index (χ1) is 16.6. The Morgan fingerprint density at radius 1 is 0.886 bits per heavy atom. The monoisotopic (exact) mass is 492 g/mol. The zero-order valence-corrected chi connectivity index (χ0v) is 19.2. The van der Waals surface area contributed by atoms with Gasteiger partial charge in [-0.3, -0.25) is 9.59 Å². The molecule has 0 aliphatic heterocycles. The van der Waals surface area contributed by atoms with Crippen molar-refractivity contribution in [2.45, 2.75) is 56.2 Å². The molecule has 0 radical (unpaired) electrons. The summed E-state index contributed by atoms with van der Waals surface area (Å²) >= 11 is 0. The summed E-state index contributed by atoms with van der Waals surface area (Å²) in [5.74, 6) is -3.12. The van der Waals surface area contributed by atoms with E-state index in [2.05, 4.69) is 10.6 Å². The van der Waals surface area contributed by atoms with Gasteiger partial charge in [0.15, 0.2) is 24.8 Å². The molecule has 35 heavy (non-hydrogen) atoms. The third kappa shape index (κ3) is 5.53. The maximum atomic E-state index is 13.7. The summed E-state index contributed by atoms with van der Waals surface area (Å²) in [6.45, 7) is 0.923. The molecule has 5 rings (SSSR count). The highest BCUT2D eigenvalue weighted by Gasteiger charge is 2.55. The zero-order valence-electron chi connectivity index (χ0n) is 19.2. The number of rotatable bonds is 8. The van der Waals surface area contributed by atoms with Crippen LogP contribution in [0, 0.1) is 24.4 Å². The highest BCUT2D eigenvalue weighted by molar-refractivity contribution is 5.79. The molecule has 3 N–H and O–H groups in total.